The van der Waals surface area contributed by atoms with Gasteiger partial charge in [0.2, 0.25) is 5.91 Å². The first-order valence-electron chi connectivity index (χ1n) is 4.89. The summed E-state index contributed by atoms with van der Waals surface area (Å²) in [6.45, 7) is 1.53. The third kappa shape index (κ3) is 3.45. The van der Waals surface area contributed by atoms with Crippen LogP contribution >= 0.6 is 15.9 Å². The Hall–Kier alpha value is -1.56. The number of amides is 2. The van der Waals surface area contributed by atoms with E-state index < -0.39 is 11.9 Å². The Morgan fingerprint density at radius 3 is 2.59 bits per heavy atom. The largest absolute Gasteiger partial charge is 0.497 e. The van der Waals surface area contributed by atoms with Gasteiger partial charge in [-0.05, 0) is 41.1 Å². The van der Waals surface area contributed by atoms with Gasteiger partial charge in [0.05, 0.1) is 12.7 Å². The van der Waals surface area contributed by atoms with E-state index in [1.54, 1.807) is 18.2 Å². The Bertz CT molecular complexity index is 448. The zero-order chi connectivity index (χ0) is 13.0. The van der Waals surface area contributed by atoms with E-state index in [1.807, 2.05) is 0 Å². The van der Waals surface area contributed by atoms with E-state index >= 15 is 0 Å². The molecule has 1 unspecified atom stereocenters. The summed E-state index contributed by atoms with van der Waals surface area (Å²) in [6.07, 6.45) is 0. The number of methoxy groups -OCH3 is 1. The van der Waals surface area contributed by atoms with Crippen LogP contribution in [0.3, 0.4) is 0 Å². The van der Waals surface area contributed by atoms with Crippen LogP contribution in [0.25, 0.3) is 0 Å². The zero-order valence-electron chi connectivity index (χ0n) is 9.49. The Balaban J connectivity index is 2.86. The summed E-state index contributed by atoms with van der Waals surface area (Å²) in [5, 5.41) is 2.49. The highest BCUT2D eigenvalue weighted by molar-refractivity contribution is 9.10. The van der Waals surface area contributed by atoms with E-state index in [1.165, 1.54) is 14.0 Å². The molecule has 92 valence electrons. The highest BCUT2D eigenvalue weighted by Gasteiger charge is 2.16. The number of primary amides is 1. The Kier molecular flexibility index (Phi) is 4.51. The topological polar surface area (TPSA) is 81.4 Å². The van der Waals surface area contributed by atoms with Gasteiger partial charge in [-0.3, -0.25) is 9.59 Å². The highest BCUT2D eigenvalue weighted by atomic mass is 79.9. The van der Waals surface area contributed by atoms with Crippen molar-refractivity contribution < 1.29 is 14.3 Å². The molecule has 6 heteroatoms. The maximum Gasteiger partial charge on any atom is 0.253 e. The fourth-order valence-electron chi connectivity index (χ4n) is 1.15. The first-order chi connectivity index (χ1) is 7.95. The number of benzene rings is 1. The summed E-state index contributed by atoms with van der Waals surface area (Å²) >= 11 is 3.26. The molecular weight excluding hydrogens is 288 g/mol. The first-order valence-corrected chi connectivity index (χ1v) is 5.68. The van der Waals surface area contributed by atoms with Gasteiger partial charge in [-0.1, -0.05) is 0 Å². The molecule has 17 heavy (non-hydrogen) atoms. The van der Waals surface area contributed by atoms with Gasteiger partial charge >= 0.3 is 0 Å². The van der Waals surface area contributed by atoms with Crippen molar-refractivity contribution in [1.29, 1.82) is 0 Å². The SMILES string of the molecule is COc1ccc(C(=O)NC(C)C(N)=O)c(Br)c1. The monoisotopic (exact) mass is 300 g/mol. The van der Waals surface area contributed by atoms with Crippen molar-refractivity contribution in [3.8, 4) is 5.75 Å². The van der Waals surface area contributed by atoms with Crippen molar-refractivity contribution >= 4 is 27.7 Å². The Labute approximate surface area is 107 Å². The van der Waals surface area contributed by atoms with Crippen LogP contribution < -0.4 is 15.8 Å². The smallest absolute Gasteiger partial charge is 0.253 e. The molecule has 0 aliphatic heterocycles. The first kappa shape index (κ1) is 13.5. The number of rotatable bonds is 4. The Morgan fingerprint density at radius 2 is 2.12 bits per heavy atom. The van der Waals surface area contributed by atoms with E-state index in [9.17, 15) is 9.59 Å². The van der Waals surface area contributed by atoms with Crippen molar-refractivity contribution in [2.45, 2.75) is 13.0 Å². The van der Waals surface area contributed by atoms with Gasteiger partial charge in [-0.15, -0.1) is 0 Å². The minimum Gasteiger partial charge on any atom is -0.497 e. The average molecular weight is 301 g/mol. The van der Waals surface area contributed by atoms with E-state index in [0.29, 0.717) is 15.8 Å². The summed E-state index contributed by atoms with van der Waals surface area (Å²) in [7, 11) is 1.54. The van der Waals surface area contributed by atoms with Crippen LogP contribution in [-0.4, -0.2) is 25.0 Å². The van der Waals surface area contributed by atoms with Crippen LogP contribution in [0.15, 0.2) is 22.7 Å². The number of nitrogens with two attached hydrogens (primary N) is 1. The van der Waals surface area contributed by atoms with Gasteiger partial charge in [0.25, 0.3) is 5.91 Å². The molecule has 1 aromatic rings. The molecule has 1 atom stereocenters. The number of halogens is 1. The van der Waals surface area contributed by atoms with Gasteiger partial charge < -0.3 is 15.8 Å². The van der Waals surface area contributed by atoms with Gasteiger partial charge in [-0.2, -0.15) is 0 Å². The molecule has 0 aromatic heterocycles. The standard InChI is InChI=1S/C11H13BrN2O3/c1-6(10(13)15)14-11(16)8-4-3-7(17-2)5-9(8)12/h3-6H,1-2H3,(H2,13,15)(H,14,16). The predicted molar refractivity (Wildman–Crippen MR) is 66.8 cm³/mol. The number of hydrogen-bond acceptors (Lipinski definition) is 3. The lowest BCUT2D eigenvalue weighted by atomic mass is 10.2. The van der Waals surface area contributed by atoms with Gasteiger partial charge in [0.15, 0.2) is 0 Å². The lowest BCUT2D eigenvalue weighted by molar-refractivity contribution is -0.119. The van der Waals surface area contributed by atoms with E-state index in [0.717, 1.165) is 0 Å². The van der Waals surface area contributed by atoms with Gasteiger partial charge in [0.1, 0.15) is 11.8 Å². The van der Waals surface area contributed by atoms with Crippen LogP contribution in [-0.2, 0) is 4.79 Å². The van der Waals surface area contributed by atoms with Crippen molar-refractivity contribution in [2.24, 2.45) is 5.73 Å². The molecule has 0 saturated heterocycles. The van der Waals surface area contributed by atoms with Gasteiger partial charge in [0, 0.05) is 4.47 Å². The molecule has 1 rings (SSSR count). The molecule has 0 aliphatic carbocycles. The predicted octanol–water partition coefficient (Wildman–Crippen LogP) is 1.06. The summed E-state index contributed by atoms with van der Waals surface area (Å²) in [6, 6.07) is 4.22. The molecular formula is C11H13BrN2O3. The van der Waals surface area contributed by atoms with E-state index in [2.05, 4.69) is 21.2 Å². The van der Waals surface area contributed by atoms with Crippen LogP contribution in [0.4, 0.5) is 0 Å². The zero-order valence-corrected chi connectivity index (χ0v) is 11.1. The fraction of sp³-hybridized carbons (Fsp3) is 0.273. The molecule has 1 aromatic carbocycles. The third-order valence-electron chi connectivity index (χ3n) is 2.20. The lowest BCUT2D eigenvalue weighted by Crippen LogP contribution is -2.42. The summed E-state index contributed by atoms with van der Waals surface area (Å²) in [5.41, 5.74) is 5.48. The van der Waals surface area contributed by atoms with Crippen LogP contribution in [0.5, 0.6) is 5.75 Å². The number of nitrogens with one attached hydrogen (secondary N) is 1. The summed E-state index contributed by atoms with van der Waals surface area (Å²) in [4.78, 5) is 22.6. The third-order valence-corrected chi connectivity index (χ3v) is 2.85. The quantitative estimate of drug-likeness (QED) is 0.872. The van der Waals surface area contributed by atoms with Crippen molar-refractivity contribution in [3.63, 3.8) is 0 Å². The normalized spacial score (nSPS) is 11.7. The van der Waals surface area contributed by atoms with Gasteiger partial charge in [-0.25, -0.2) is 0 Å². The number of hydrogen-bond donors (Lipinski definition) is 2. The van der Waals surface area contributed by atoms with Crippen molar-refractivity contribution in [3.05, 3.63) is 28.2 Å². The molecule has 2 amide bonds. The minimum atomic E-state index is -0.712. The van der Waals surface area contributed by atoms with Crippen LogP contribution in [0.1, 0.15) is 17.3 Å². The second kappa shape index (κ2) is 5.67. The number of ether oxygens (including phenoxy) is 1. The van der Waals surface area contributed by atoms with Crippen molar-refractivity contribution in [1.82, 2.24) is 5.32 Å². The maximum atomic E-state index is 11.8. The second-order valence-electron chi connectivity index (χ2n) is 3.44. The molecule has 0 aliphatic rings. The molecule has 0 fully saturated rings. The molecule has 5 nitrogen and oxygen atoms in total. The average Bonchev–Trinajstić information content (AvgIpc) is 2.28. The lowest BCUT2D eigenvalue weighted by Gasteiger charge is -2.11. The maximum absolute atomic E-state index is 11.8. The highest BCUT2D eigenvalue weighted by Crippen LogP contribution is 2.22. The molecule has 0 heterocycles. The molecule has 0 bridgehead atoms. The minimum absolute atomic E-state index is 0.370. The molecule has 0 spiro atoms. The molecule has 3 N–H and O–H groups in total. The fourth-order valence-corrected chi connectivity index (χ4v) is 1.69. The number of carbonyl (C=O) groups is 2. The van der Waals surface area contributed by atoms with E-state index in [4.69, 9.17) is 10.5 Å². The summed E-state index contributed by atoms with van der Waals surface area (Å²) < 4.78 is 5.60. The van der Waals surface area contributed by atoms with E-state index in [-0.39, 0.29) is 5.91 Å². The second-order valence-corrected chi connectivity index (χ2v) is 4.30. The molecule has 0 radical (unpaired) electrons. The number of carbonyl (C=O) groups excluding carboxylic acids is 2. The molecule has 0 saturated carbocycles. The van der Waals surface area contributed by atoms with Crippen LogP contribution in [0, 0.1) is 0 Å². The van der Waals surface area contributed by atoms with Crippen LogP contribution in [0.2, 0.25) is 0 Å². The van der Waals surface area contributed by atoms with Crippen molar-refractivity contribution in [2.75, 3.05) is 7.11 Å². The Morgan fingerprint density at radius 1 is 1.47 bits per heavy atom. The summed E-state index contributed by atoms with van der Waals surface area (Å²) in [5.74, 6) is -0.315.